The molecule has 0 saturated heterocycles. The van der Waals surface area contributed by atoms with Crippen LogP contribution < -0.4 is 5.32 Å². The van der Waals surface area contributed by atoms with Gasteiger partial charge in [-0.3, -0.25) is 4.79 Å². The van der Waals surface area contributed by atoms with Crippen LogP contribution in [0.15, 0.2) is 54.7 Å². The van der Waals surface area contributed by atoms with Crippen LogP contribution >= 0.6 is 11.6 Å². The molecular weight excluding hydrogens is 320 g/mol. The molecule has 0 saturated carbocycles. The number of rotatable bonds is 6. The maximum Gasteiger partial charge on any atom is 0.220 e. The van der Waals surface area contributed by atoms with E-state index in [4.69, 9.17) is 11.6 Å². The monoisotopic (exact) mass is 340 g/mol. The van der Waals surface area contributed by atoms with Gasteiger partial charge in [-0.2, -0.15) is 0 Å². The Morgan fingerprint density at radius 3 is 2.67 bits per heavy atom. The highest BCUT2D eigenvalue weighted by Crippen LogP contribution is 2.36. The van der Waals surface area contributed by atoms with Gasteiger partial charge in [-0.25, -0.2) is 0 Å². The number of carbonyl (C=O) groups excluding carboxylic acids is 1. The number of hydrogen-bond donors (Lipinski definition) is 2. The molecule has 1 amide bonds. The van der Waals surface area contributed by atoms with Crippen molar-refractivity contribution >= 4 is 28.4 Å². The van der Waals surface area contributed by atoms with E-state index in [1.54, 1.807) is 0 Å². The van der Waals surface area contributed by atoms with Gasteiger partial charge in [0.2, 0.25) is 5.91 Å². The van der Waals surface area contributed by atoms with Crippen LogP contribution in [-0.2, 0) is 4.79 Å². The van der Waals surface area contributed by atoms with Crippen molar-refractivity contribution in [2.75, 3.05) is 6.54 Å². The largest absolute Gasteiger partial charge is 0.361 e. The third-order valence-electron chi connectivity index (χ3n) is 4.24. The van der Waals surface area contributed by atoms with E-state index in [-0.39, 0.29) is 11.8 Å². The highest BCUT2D eigenvalue weighted by molar-refractivity contribution is 6.31. The fourth-order valence-corrected chi connectivity index (χ4v) is 3.32. The third kappa shape index (κ3) is 3.46. The molecule has 2 N–H and O–H groups in total. The first-order valence-electron chi connectivity index (χ1n) is 8.27. The summed E-state index contributed by atoms with van der Waals surface area (Å²) in [6, 6.07) is 15.9. The smallest absolute Gasteiger partial charge is 0.220 e. The number of halogens is 1. The Morgan fingerprint density at radius 2 is 1.88 bits per heavy atom. The molecule has 124 valence electrons. The van der Waals surface area contributed by atoms with Gasteiger partial charge in [0.15, 0.2) is 0 Å². The number of para-hydroxylation sites is 1. The highest BCUT2D eigenvalue weighted by atomic mass is 35.5. The van der Waals surface area contributed by atoms with Crippen molar-refractivity contribution in [1.29, 1.82) is 0 Å². The number of H-pyrrole nitrogens is 1. The lowest BCUT2D eigenvalue weighted by Crippen LogP contribution is -2.26. The summed E-state index contributed by atoms with van der Waals surface area (Å²) in [6.45, 7) is 2.74. The van der Waals surface area contributed by atoms with Crippen molar-refractivity contribution in [3.05, 3.63) is 70.9 Å². The molecule has 0 spiro atoms. The highest BCUT2D eigenvalue weighted by Gasteiger charge is 2.23. The van der Waals surface area contributed by atoms with E-state index in [1.807, 2.05) is 55.6 Å². The van der Waals surface area contributed by atoms with Crippen LogP contribution in [0.3, 0.4) is 0 Å². The molecule has 1 unspecified atom stereocenters. The van der Waals surface area contributed by atoms with Gasteiger partial charge in [-0.05, 0) is 29.7 Å². The van der Waals surface area contributed by atoms with Crippen LogP contribution in [0.2, 0.25) is 5.02 Å². The number of nitrogens with one attached hydrogen (secondary N) is 2. The van der Waals surface area contributed by atoms with E-state index in [1.165, 1.54) is 0 Å². The van der Waals surface area contributed by atoms with Crippen molar-refractivity contribution in [3.63, 3.8) is 0 Å². The summed E-state index contributed by atoms with van der Waals surface area (Å²) in [5.41, 5.74) is 3.15. The molecule has 2 aromatic carbocycles. The summed E-state index contributed by atoms with van der Waals surface area (Å²) < 4.78 is 0. The molecule has 24 heavy (non-hydrogen) atoms. The van der Waals surface area contributed by atoms with Crippen LogP contribution in [0.25, 0.3) is 10.9 Å². The minimum Gasteiger partial charge on any atom is -0.361 e. The fourth-order valence-electron chi connectivity index (χ4n) is 3.05. The van der Waals surface area contributed by atoms with Gasteiger partial charge in [0.25, 0.3) is 0 Å². The number of carbonyl (C=O) groups is 1. The van der Waals surface area contributed by atoms with Gasteiger partial charge in [0, 0.05) is 41.0 Å². The number of hydrogen-bond acceptors (Lipinski definition) is 1. The first-order valence-corrected chi connectivity index (χ1v) is 8.65. The van der Waals surface area contributed by atoms with Gasteiger partial charge in [-0.1, -0.05) is 54.9 Å². The summed E-state index contributed by atoms with van der Waals surface area (Å²) in [5.74, 6) is -0.0289. The van der Waals surface area contributed by atoms with Crippen molar-refractivity contribution in [3.8, 4) is 0 Å². The lowest BCUT2D eigenvalue weighted by atomic mass is 9.88. The Labute approximate surface area is 147 Å². The van der Waals surface area contributed by atoms with Crippen LogP contribution in [0.4, 0.5) is 0 Å². The first kappa shape index (κ1) is 16.6. The SMILES string of the molecule is CCCNC(=O)CC(c1ccccc1Cl)c1c[nH]c2ccccc12. The molecule has 3 nitrogen and oxygen atoms in total. The zero-order valence-corrected chi connectivity index (χ0v) is 14.4. The van der Waals surface area contributed by atoms with Gasteiger partial charge in [-0.15, -0.1) is 0 Å². The van der Waals surface area contributed by atoms with Crippen molar-refractivity contribution < 1.29 is 4.79 Å². The van der Waals surface area contributed by atoms with Gasteiger partial charge in [0.1, 0.15) is 0 Å². The molecule has 0 radical (unpaired) electrons. The van der Waals surface area contributed by atoms with Gasteiger partial charge < -0.3 is 10.3 Å². The van der Waals surface area contributed by atoms with Crippen LogP contribution in [0.1, 0.15) is 36.8 Å². The lowest BCUT2D eigenvalue weighted by Gasteiger charge is -2.18. The Hall–Kier alpha value is -2.26. The molecular formula is C20H21ClN2O. The molecule has 0 bridgehead atoms. The lowest BCUT2D eigenvalue weighted by molar-refractivity contribution is -0.121. The maximum atomic E-state index is 12.4. The van der Waals surface area contributed by atoms with E-state index in [0.717, 1.165) is 28.5 Å². The average molecular weight is 341 g/mol. The predicted molar refractivity (Wildman–Crippen MR) is 99.5 cm³/mol. The molecule has 1 heterocycles. The maximum absolute atomic E-state index is 12.4. The standard InChI is InChI=1S/C20H21ClN2O/c1-2-11-22-20(24)12-16(14-7-3-5-9-18(14)21)17-13-23-19-10-6-4-8-15(17)19/h3-10,13,16,23H,2,11-12H2,1H3,(H,22,24). The zero-order valence-electron chi connectivity index (χ0n) is 13.7. The fraction of sp³-hybridized carbons (Fsp3) is 0.250. The van der Waals surface area contributed by atoms with Crippen molar-refractivity contribution in [2.24, 2.45) is 0 Å². The molecule has 1 aromatic heterocycles. The Kier molecular flexibility index (Phi) is 5.21. The second-order valence-electron chi connectivity index (χ2n) is 5.92. The molecule has 1 atom stereocenters. The molecule has 4 heteroatoms. The number of amides is 1. The van der Waals surface area contributed by atoms with E-state index < -0.39 is 0 Å². The summed E-state index contributed by atoms with van der Waals surface area (Å²) >= 11 is 6.43. The molecule has 3 rings (SSSR count). The quantitative estimate of drug-likeness (QED) is 0.660. The first-order chi connectivity index (χ1) is 11.7. The molecule has 0 aliphatic carbocycles. The minimum atomic E-state index is -0.0771. The number of aromatic amines is 1. The van der Waals surface area contributed by atoms with Crippen LogP contribution in [0, 0.1) is 0 Å². The van der Waals surface area contributed by atoms with Crippen molar-refractivity contribution in [1.82, 2.24) is 10.3 Å². The van der Waals surface area contributed by atoms with Crippen LogP contribution in [-0.4, -0.2) is 17.4 Å². The zero-order chi connectivity index (χ0) is 16.9. The average Bonchev–Trinajstić information content (AvgIpc) is 3.02. The molecule has 0 aliphatic rings. The van der Waals surface area contributed by atoms with E-state index in [0.29, 0.717) is 18.0 Å². The van der Waals surface area contributed by atoms with E-state index in [2.05, 4.69) is 16.4 Å². The molecule has 3 aromatic rings. The summed E-state index contributed by atoms with van der Waals surface area (Å²) in [4.78, 5) is 15.7. The second-order valence-corrected chi connectivity index (χ2v) is 6.32. The second kappa shape index (κ2) is 7.54. The Morgan fingerprint density at radius 1 is 1.12 bits per heavy atom. The predicted octanol–water partition coefficient (Wildman–Crippen LogP) is 4.87. The molecule has 0 fully saturated rings. The minimum absolute atomic E-state index is 0.0482. The normalized spacial score (nSPS) is 12.2. The topological polar surface area (TPSA) is 44.9 Å². The van der Waals surface area contributed by atoms with Gasteiger partial charge in [0.05, 0.1) is 0 Å². The van der Waals surface area contributed by atoms with E-state index >= 15 is 0 Å². The van der Waals surface area contributed by atoms with Crippen LogP contribution in [0.5, 0.6) is 0 Å². The molecule has 0 aliphatic heterocycles. The summed E-state index contributed by atoms with van der Waals surface area (Å²) in [7, 11) is 0. The van der Waals surface area contributed by atoms with Crippen molar-refractivity contribution in [2.45, 2.75) is 25.7 Å². The van der Waals surface area contributed by atoms with E-state index in [9.17, 15) is 4.79 Å². The summed E-state index contributed by atoms with van der Waals surface area (Å²) in [6.07, 6.45) is 3.30. The number of aromatic nitrogens is 1. The Balaban J connectivity index is 2.02. The number of benzene rings is 2. The number of fused-ring (bicyclic) bond motifs is 1. The third-order valence-corrected chi connectivity index (χ3v) is 4.58. The van der Waals surface area contributed by atoms with Gasteiger partial charge >= 0.3 is 0 Å². The summed E-state index contributed by atoms with van der Waals surface area (Å²) in [5, 5.41) is 4.79. The Bertz CT molecular complexity index is 840.